The number of oxime groups is 1. The fourth-order valence-corrected chi connectivity index (χ4v) is 2.14. The summed E-state index contributed by atoms with van der Waals surface area (Å²) in [6, 6.07) is 12.9. The van der Waals surface area contributed by atoms with E-state index in [0.717, 1.165) is 11.3 Å². The van der Waals surface area contributed by atoms with E-state index < -0.39 is 0 Å². The second-order valence-electron chi connectivity index (χ2n) is 4.35. The zero-order valence-corrected chi connectivity index (χ0v) is 12.3. The zero-order valence-electron chi connectivity index (χ0n) is 11.5. The number of halogens is 1. The van der Waals surface area contributed by atoms with Gasteiger partial charge >= 0.3 is 0 Å². The van der Waals surface area contributed by atoms with Gasteiger partial charge in [0.15, 0.2) is 5.84 Å². The highest BCUT2D eigenvalue weighted by atomic mass is 35.5. The summed E-state index contributed by atoms with van der Waals surface area (Å²) in [5.41, 5.74) is 8.14. The van der Waals surface area contributed by atoms with Crippen LogP contribution in [0.5, 0.6) is 5.75 Å². The molecule has 0 aliphatic rings. The summed E-state index contributed by atoms with van der Waals surface area (Å²) >= 11 is 5.99. The Kier molecular flexibility index (Phi) is 4.90. The molecule has 0 saturated heterocycles. The lowest BCUT2D eigenvalue weighted by molar-refractivity contribution is 0.318. The van der Waals surface area contributed by atoms with Crippen molar-refractivity contribution in [1.29, 1.82) is 0 Å². The molecule has 0 fully saturated rings. The molecule has 2 aromatic rings. The maximum Gasteiger partial charge on any atom is 0.170 e. The van der Waals surface area contributed by atoms with Crippen LogP contribution in [-0.2, 0) is 6.54 Å². The number of nitrogens with one attached hydrogen (secondary N) is 1. The van der Waals surface area contributed by atoms with E-state index in [1.54, 1.807) is 19.2 Å². The van der Waals surface area contributed by atoms with E-state index in [-0.39, 0.29) is 5.84 Å². The molecule has 2 aromatic carbocycles. The SMILES string of the molecule is COc1cc(NCc2ccccc2/C(N)=N/O)ccc1Cl. The number of anilines is 1. The Labute approximate surface area is 128 Å². The van der Waals surface area contributed by atoms with Crippen molar-refractivity contribution >= 4 is 23.1 Å². The molecule has 2 rings (SSSR count). The minimum atomic E-state index is 0.0843. The van der Waals surface area contributed by atoms with Gasteiger partial charge in [0.05, 0.1) is 12.1 Å². The van der Waals surface area contributed by atoms with Crippen molar-refractivity contribution in [2.75, 3.05) is 12.4 Å². The molecule has 110 valence electrons. The van der Waals surface area contributed by atoms with Crippen molar-refractivity contribution in [3.05, 3.63) is 58.6 Å². The van der Waals surface area contributed by atoms with Gasteiger partial charge in [0.25, 0.3) is 0 Å². The molecule has 0 aliphatic heterocycles. The normalized spacial score (nSPS) is 11.2. The Morgan fingerprint density at radius 3 is 2.81 bits per heavy atom. The maximum atomic E-state index is 8.81. The fraction of sp³-hybridized carbons (Fsp3) is 0.133. The molecule has 0 aromatic heterocycles. The van der Waals surface area contributed by atoms with Gasteiger partial charge in [0.1, 0.15) is 5.75 Å². The second-order valence-corrected chi connectivity index (χ2v) is 4.75. The third-order valence-corrected chi connectivity index (χ3v) is 3.35. The molecule has 0 saturated carbocycles. The first-order valence-corrected chi connectivity index (χ1v) is 6.66. The second kappa shape index (κ2) is 6.85. The summed E-state index contributed by atoms with van der Waals surface area (Å²) in [4.78, 5) is 0. The summed E-state index contributed by atoms with van der Waals surface area (Å²) in [5, 5.41) is 15.7. The van der Waals surface area contributed by atoms with Crippen LogP contribution >= 0.6 is 11.6 Å². The summed E-state index contributed by atoms with van der Waals surface area (Å²) in [7, 11) is 1.57. The molecule has 0 spiro atoms. The van der Waals surface area contributed by atoms with E-state index in [2.05, 4.69) is 10.5 Å². The highest BCUT2D eigenvalue weighted by Gasteiger charge is 2.07. The molecule has 0 heterocycles. The number of nitrogens with two attached hydrogens (primary N) is 1. The molecule has 0 radical (unpaired) electrons. The lowest BCUT2D eigenvalue weighted by Gasteiger charge is -2.12. The van der Waals surface area contributed by atoms with Crippen LogP contribution in [0.4, 0.5) is 5.69 Å². The van der Waals surface area contributed by atoms with Gasteiger partial charge in [-0.25, -0.2) is 0 Å². The van der Waals surface area contributed by atoms with Crippen molar-refractivity contribution in [3.63, 3.8) is 0 Å². The van der Waals surface area contributed by atoms with Gasteiger partial charge in [0.2, 0.25) is 0 Å². The van der Waals surface area contributed by atoms with E-state index >= 15 is 0 Å². The summed E-state index contributed by atoms with van der Waals surface area (Å²) < 4.78 is 5.17. The quantitative estimate of drug-likeness (QED) is 0.343. The largest absolute Gasteiger partial charge is 0.495 e. The molecular formula is C15H16ClN3O2. The molecule has 0 aliphatic carbocycles. The predicted octanol–water partition coefficient (Wildman–Crippen LogP) is 3.06. The molecule has 0 bridgehead atoms. The van der Waals surface area contributed by atoms with Gasteiger partial charge in [-0.2, -0.15) is 0 Å². The Balaban J connectivity index is 2.17. The van der Waals surface area contributed by atoms with Crippen LogP contribution in [0.15, 0.2) is 47.6 Å². The molecule has 21 heavy (non-hydrogen) atoms. The molecule has 5 nitrogen and oxygen atoms in total. The van der Waals surface area contributed by atoms with Gasteiger partial charge in [-0.15, -0.1) is 0 Å². The maximum absolute atomic E-state index is 8.81. The molecular weight excluding hydrogens is 290 g/mol. The first kappa shape index (κ1) is 15.0. The molecule has 0 unspecified atom stereocenters. The third-order valence-electron chi connectivity index (χ3n) is 3.04. The van der Waals surface area contributed by atoms with Crippen LogP contribution < -0.4 is 15.8 Å². The van der Waals surface area contributed by atoms with Crippen LogP contribution in [0.1, 0.15) is 11.1 Å². The monoisotopic (exact) mass is 305 g/mol. The van der Waals surface area contributed by atoms with Crippen molar-refractivity contribution in [1.82, 2.24) is 0 Å². The average molecular weight is 306 g/mol. The van der Waals surface area contributed by atoms with Gasteiger partial charge < -0.3 is 21.0 Å². The number of rotatable bonds is 5. The minimum absolute atomic E-state index is 0.0843. The van der Waals surface area contributed by atoms with Gasteiger partial charge in [-0.05, 0) is 17.7 Å². The number of hydrogen-bond acceptors (Lipinski definition) is 4. The summed E-state index contributed by atoms with van der Waals surface area (Å²) in [6.07, 6.45) is 0. The van der Waals surface area contributed by atoms with Crippen molar-refractivity contribution in [3.8, 4) is 5.75 Å². The highest BCUT2D eigenvalue weighted by molar-refractivity contribution is 6.32. The summed E-state index contributed by atoms with van der Waals surface area (Å²) in [6.45, 7) is 0.525. The van der Waals surface area contributed by atoms with Gasteiger partial charge in [-0.1, -0.05) is 41.0 Å². The van der Waals surface area contributed by atoms with Gasteiger partial charge in [-0.3, -0.25) is 0 Å². The van der Waals surface area contributed by atoms with E-state index in [1.807, 2.05) is 30.3 Å². The molecule has 6 heteroatoms. The third kappa shape index (κ3) is 3.58. The zero-order chi connectivity index (χ0) is 15.2. The van der Waals surface area contributed by atoms with Crippen molar-refractivity contribution in [2.45, 2.75) is 6.54 Å². The summed E-state index contributed by atoms with van der Waals surface area (Å²) in [5.74, 6) is 0.687. The van der Waals surface area contributed by atoms with E-state index in [0.29, 0.717) is 22.9 Å². The number of amidine groups is 1. The Morgan fingerprint density at radius 1 is 1.33 bits per heavy atom. The van der Waals surface area contributed by atoms with E-state index in [9.17, 15) is 0 Å². The lowest BCUT2D eigenvalue weighted by atomic mass is 10.1. The molecule has 0 atom stereocenters. The number of methoxy groups -OCH3 is 1. The van der Waals surface area contributed by atoms with Crippen LogP contribution in [-0.4, -0.2) is 18.2 Å². The van der Waals surface area contributed by atoms with Crippen molar-refractivity contribution in [2.24, 2.45) is 10.9 Å². The Bertz CT molecular complexity index is 659. The van der Waals surface area contributed by atoms with Crippen LogP contribution in [0.3, 0.4) is 0 Å². The smallest absolute Gasteiger partial charge is 0.170 e. The topological polar surface area (TPSA) is 79.9 Å². The first-order valence-electron chi connectivity index (χ1n) is 6.29. The standard InChI is InChI=1S/C15H16ClN3O2/c1-21-14-8-11(6-7-13(14)16)18-9-10-4-2-3-5-12(10)15(17)19-20/h2-8,18,20H,9H2,1H3,(H2,17,19). The van der Waals surface area contributed by atoms with Crippen LogP contribution in [0.2, 0.25) is 5.02 Å². The van der Waals surface area contributed by atoms with Crippen molar-refractivity contribution < 1.29 is 9.94 Å². The number of ether oxygens (including phenoxy) is 1. The molecule has 4 N–H and O–H groups in total. The van der Waals surface area contributed by atoms with Crippen LogP contribution in [0, 0.1) is 0 Å². The Hall–Kier alpha value is -2.40. The van der Waals surface area contributed by atoms with E-state index in [4.69, 9.17) is 27.3 Å². The minimum Gasteiger partial charge on any atom is -0.495 e. The molecule has 0 amide bonds. The van der Waals surface area contributed by atoms with Gasteiger partial charge in [0, 0.05) is 23.9 Å². The highest BCUT2D eigenvalue weighted by Crippen LogP contribution is 2.27. The number of benzene rings is 2. The van der Waals surface area contributed by atoms with E-state index in [1.165, 1.54) is 0 Å². The fourth-order valence-electron chi connectivity index (χ4n) is 1.95. The Morgan fingerprint density at radius 2 is 2.10 bits per heavy atom. The number of hydrogen-bond donors (Lipinski definition) is 3. The number of nitrogens with zero attached hydrogens (tertiary/aromatic N) is 1. The van der Waals surface area contributed by atoms with Crippen LogP contribution in [0.25, 0.3) is 0 Å². The lowest BCUT2D eigenvalue weighted by Crippen LogP contribution is -2.16. The predicted molar refractivity (Wildman–Crippen MR) is 84.3 cm³/mol. The first-order chi connectivity index (χ1) is 10.2. The average Bonchev–Trinajstić information content (AvgIpc) is 2.53.